The Morgan fingerprint density at radius 3 is 2.19 bits per heavy atom. The van der Waals surface area contributed by atoms with Crippen molar-refractivity contribution in [2.75, 3.05) is 39.8 Å². The van der Waals surface area contributed by atoms with Gasteiger partial charge in [-0.1, -0.05) is 13.8 Å². The number of rotatable bonds is 4. The molecule has 2 N–H and O–H groups in total. The fraction of sp³-hybridized carbons (Fsp3) is 0.579. The Bertz CT molecular complexity index is 690. The van der Waals surface area contributed by atoms with E-state index in [1.54, 1.807) is 4.90 Å². The highest BCUT2D eigenvalue weighted by atomic mass is 19.1. The van der Waals surface area contributed by atoms with E-state index < -0.39 is 24.4 Å². The lowest BCUT2D eigenvalue weighted by Crippen LogP contribution is -2.51. The third kappa shape index (κ3) is 3.21. The van der Waals surface area contributed by atoms with E-state index in [0.29, 0.717) is 13.1 Å². The molecular formula is C19H26FN3O3. The number of halogens is 1. The topological polar surface area (TPSA) is 72.9 Å². The SMILES string of the molecule is CN1CC2(C)CN(C(=O)[C@H](CO)NC(=O)c3ccc(F)cc3)CC2(C)C1. The molecule has 2 amide bonds. The highest BCUT2D eigenvalue weighted by molar-refractivity contribution is 5.97. The molecule has 2 aliphatic heterocycles. The van der Waals surface area contributed by atoms with Gasteiger partial charge in [-0.25, -0.2) is 4.39 Å². The van der Waals surface area contributed by atoms with Crippen molar-refractivity contribution in [2.45, 2.75) is 19.9 Å². The van der Waals surface area contributed by atoms with Crippen LogP contribution in [0, 0.1) is 16.6 Å². The summed E-state index contributed by atoms with van der Waals surface area (Å²) in [5, 5.41) is 12.2. The second-order valence-electron chi connectivity index (χ2n) is 8.20. The summed E-state index contributed by atoms with van der Waals surface area (Å²) in [7, 11) is 2.08. The molecule has 0 aliphatic carbocycles. The van der Waals surface area contributed by atoms with E-state index >= 15 is 0 Å². The Labute approximate surface area is 153 Å². The minimum atomic E-state index is -1.00. The summed E-state index contributed by atoms with van der Waals surface area (Å²) < 4.78 is 13.0. The Morgan fingerprint density at radius 2 is 1.69 bits per heavy atom. The molecule has 0 radical (unpaired) electrons. The van der Waals surface area contributed by atoms with Gasteiger partial charge in [0.15, 0.2) is 0 Å². The Hall–Kier alpha value is -1.99. The molecule has 3 rings (SSSR count). The largest absolute Gasteiger partial charge is 0.394 e. The maximum atomic E-state index is 13.0. The second-order valence-corrected chi connectivity index (χ2v) is 8.20. The molecule has 1 aromatic rings. The zero-order valence-corrected chi connectivity index (χ0v) is 15.5. The highest BCUT2D eigenvalue weighted by Gasteiger charge is 2.57. The second kappa shape index (κ2) is 6.63. The molecule has 1 aromatic carbocycles. The van der Waals surface area contributed by atoms with Crippen LogP contribution in [0.5, 0.6) is 0 Å². The molecule has 2 saturated heterocycles. The van der Waals surface area contributed by atoms with Crippen LogP contribution in [0.4, 0.5) is 4.39 Å². The summed E-state index contributed by atoms with van der Waals surface area (Å²) in [4.78, 5) is 29.2. The van der Waals surface area contributed by atoms with Crippen LogP contribution in [0.3, 0.4) is 0 Å². The molecule has 2 unspecified atom stereocenters. The van der Waals surface area contributed by atoms with Crippen molar-refractivity contribution in [3.8, 4) is 0 Å². The van der Waals surface area contributed by atoms with Crippen molar-refractivity contribution >= 4 is 11.8 Å². The Balaban J connectivity index is 1.68. The number of benzene rings is 1. The third-order valence-corrected chi connectivity index (χ3v) is 5.98. The van der Waals surface area contributed by atoms with Crippen LogP contribution in [-0.2, 0) is 4.79 Å². The smallest absolute Gasteiger partial charge is 0.251 e. The number of hydrogen-bond donors (Lipinski definition) is 2. The van der Waals surface area contributed by atoms with Gasteiger partial charge < -0.3 is 20.2 Å². The van der Waals surface area contributed by atoms with Gasteiger partial charge in [-0.15, -0.1) is 0 Å². The van der Waals surface area contributed by atoms with Crippen LogP contribution in [-0.4, -0.2) is 72.6 Å². The molecule has 2 heterocycles. The average Bonchev–Trinajstić information content (AvgIpc) is 2.94. The predicted molar refractivity (Wildman–Crippen MR) is 95.0 cm³/mol. The number of hydrogen-bond acceptors (Lipinski definition) is 4. The van der Waals surface area contributed by atoms with E-state index in [2.05, 4.69) is 31.1 Å². The standard InChI is InChI=1S/C19H26FN3O3/c1-18-9-22(3)10-19(18,2)12-23(11-18)17(26)15(8-24)21-16(25)13-4-6-14(20)7-5-13/h4-7,15,24H,8-12H2,1-3H3,(H,21,25)/t15-,18?,19?/m0/s1. The number of fused-ring (bicyclic) bond motifs is 1. The lowest BCUT2D eigenvalue weighted by atomic mass is 9.71. The fourth-order valence-electron chi connectivity index (χ4n) is 4.41. The summed E-state index contributed by atoms with van der Waals surface area (Å²) >= 11 is 0. The van der Waals surface area contributed by atoms with E-state index in [9.17, 15) is 19.1 Å². The summed E-state index contributed by atoms with van der Waals surface area (Å²) in [5.74, 6) is -1.22. The van der Waals surface area contributed by atoms with Crippen LogP contribution < -0.4 is 5.32 Å². The molecule has 0 spiro atoms. The first kappa shape index (κ1) is 18.8. The summed E-state index contributed by atoms with van der Waals surface area (Å²) in [6, 6.07) is 4.06. The quantitative estimate of drug-likeness (QED) is 0.827. The van der Waals surface area contributed by atoms with Gasteiger partial charge in [0.2, 0.25) is 5.91 Å². The minimum absolute atomic E-state index is 0.00161. The normalized spacial score (nSPS) is 29.5. The van der Waals surface area contributed by atoms with Gasteiger partial charge in [0.05, 0.1) is 6.61 Å². The van der Waals surface area contributed by atoms with E-state index in [1.807, 2.05) is 0 Å². The molecule has 0 bridgehead atoms. The molecule has 3 atom stereocenters. The third-order valence-electron chi connectivity index (χ3n) is 5.98. The number of amides is 2. The minimum Gasteiger partial charge on any atom is -0.394 e. The molecule has 6 nitrogen and oxygen atoms in total. The van der Waals surface area contributed by atoms with Gasteiger partial charge in [-0.05, 0) is 31.3 Å². The number of carbonyl (C=O) groups excluding carboxylic acids is 2. The summed E-state index contributed by atoms with van der Waals surface area (Å²) in [6.07, 6.45) is 0. The molecule has 26 heavy (non-hydrogen) atoms. The first-order chi connectivity index (χ1) is 12.2. The average molecular weight is 363 g/mol. The maximum Gasteiger partial charge on any atom is 0.251 e. The molecule has 2 aliphatic rings. The summed E-state index contributed by atoms with van der Waals surface area (Å²) in [5.41, 5.74) is 0.244. The van der Waals surface area contributed by atoms with Crippen molar-refractivity contribution in [1.82, 2.24) is 15.1 Å². The molecule has 0 saturated carbocycles. The zero-order valence-electron chi connectivity index (χ0n) is 15.5. The number of aliphatic hydroxyl groups excluding tert-OH is 1. The van der Waals surface area contributed by atoms with Crippen LogP contribution in [0.25, 0.3) is 0 Å². The number of carbonyl (C=O) groups is 2. The van der Waals surface area contributed by atoms with E-state index in [0.717, 1.165) is 13.1 Å². The molecule has 7 heteroatoms. The first-order valence-electron chi connectivity index (χ1n) is 8.82. The monoisotopic (exact) mass is 363 g/mol. The van der Waals surface area contributed by atoms with Gasteiger partial charge in [0.1, 0.15) is 11.9 Å². The Kier molecular flexibility index (Phi) is 4.79. The highest BCUT2D eigenvalue weighted by Crippen LogP contribution is 2.51. The van der Waals surface area contributed by atoms with Gasteiger partial charge in [0.25, 0.3) is 5.91 Å². The van der Waals surface area contributed by atoms with Crippen molar-refractivity contribution in [3.05, 3.63) is 35.6 Å². The van der Waals surface area contributed by atoms with Crippen LogP contribution in [0.2, 0.25) is 0 Å². The van der Waals surface area contributed by atoms with E-state index in [-0.39, 0.29) is 22.3 Å². The van der Waals surface area contributed by atoms with Gasteiger partial charge >= 0.3 is 0 Å². The lowest BCUT2D eigenvalue weighted by Gasteiger charge is -2.30. The van der Waals surface area contributed by atoms with Crippen molar-refractivity contribution in [3.63, 3.8) is 0 Å². The number of nitrogens with zero attached hydrogens (tertiary/aromatic N) is 2. The molecule has 142 valence electrons. The number of likely N-dealkylation sites (tertiary alicyclic amines) is 2. The number of aliphatic hydroxyl groups is 1. The Morgan fingerprint density at radius 1 is 1.15 bits per heavy atom. The summed E-state index contributed by atoms with van der Waals surface area (Å²) in [6.45, 7) is 6.95. The number of nitrogens with one attached hydrogen (secondary N) is 1. The van der Waals surface area contributed by atoms with E-state index in [4.69, 9.17) is 0 Å². The zero-order chi connectivity index (χ0) is 19.1. The van der Waals surface area contributed by atoms with Crippen LogP contribution in [0.15, 0.2) is 24.3 Å². The van der Waals surface area contributed by atoms with Crippen LogP contribution in [0.1, 0.15) is 24.2 Å². The van der Waals surface area contributed by atoms with Crippen molar-refractivity contribution < 1.29 is 19.1 Å². The molecule has 2 fully saturated rings. The molecular weight excluding hydrogens is 337 g/mol. The van der Waals surface area contributed by atoms with E-state index in [1.165, 1.54) is 24.3 Å². The fourth-order valence-corrected chi connectivity index (χ4v) is 4.41. The predicted octanol–water partition coefficient (Wildman–Crippen LogP) is 0.717. The molecule has 0 aromatic heterocycles. The van der Waals surface area contributed by atoms with Gasteiger partial charge in [0, 0.05) is 42.6 Å². The van der Waals surface area contributed by atoms with Crippen molar-refractivity contribution in [1.29, 1.82) is 0 Å². The lowest BCUT2D eigenvalue weighted by molar-refractivity contribution is -0.133. The van der Waals surface area contributed by atoms with Gasteiger partial charge in [-0.2, -0.15) is 0 Å². The van der Waals surface area contributed by atoms with Gasteiger partial charge in [-0.3, -0.25) is 9.59 Å². The van der Waals surface area contributed by atoms with Crippen molar-refractivity contribution in [2.24, 2.45) is 10.8 Å². The maximum absolute atomic E-state index is 13.0. The van der Waals surface area contributed by atoms with Crippen LogP contribution >= 0.6 is 0 Å². The first-order valence-corrected chi connectivity index (χ1v) is 8.82.